The highest BCUT2D eigenvalue weighted by atomic mass is 35.5. The van der Waals surface area contributed by atoms with Crippen molar-refractivity contribution >= 4 is 40.5 Å². The molecule has 34 heavy (non-hydrogen) atoms. The summed E-state index contributed by atoms with van der Waals surface area (Å²) < 4.78 is 86.7. The topological polar surface area (TPSA) is 72.0 Å². The zero-order valence-electron chi connectivity index (χ0n) is 17.1. The first-order chi connectivity index (χ1) is 15.8. The van der Waals surface area contributed by atoms with E-state index >= 15 is 0 Å². The number of halogens is 8. The van der Waals surface area contributed by atoms with Gasteiger partial charge in [0.2, 0.25) is 0 Å². The number of hydrazine groups is 1. The van der Waals surface area contributed by atoms with Crippen molar-refractivity contribution in [2.75, 3.05) is 19.1 Å². The number of methoxy groups -OCH3 is 1. The molecule has 0 radical (unpaired) electrons. The monoisotopic (exact) mass is 529 g/mol. The summed E-state index contributed by atoms with van der Waals surface area (Å²) in [7, 11) is 1.30. The molecule has 0 aliphatic carbocycles. The number of oxime groups is 1. The van der Waals surface area contributed by atoms with Crippen LogP contribution in [0.25, 0.3) is 0 Å². The molecule has 0 spiro atoms. The van der Waals surface area contributed by atoms with Crippen molar-refractivity contribution in [3.05, 3.63) is 63.1 Å². The number of carbonyl (C=O) groups is 1. The van der Waals surface area contributed by atoms with E-state index in [0.717, 1.165) is 6.07 Å². The van der Waals surface area contributed by atoms with Gasteiger partial charge in [-0.3, -0.25) is 15.6 Å². The highest BCUT2D eigenvalue weighted by molar-refractivity contribution is 6.33. The van der Waals surface area contributed by atoms with Crippen LogP contribution in [-0.2, 0) is 26.1 Å². The number of carbonyl (C=O) groups excluding carboxylic acids is 1. The number of alkyl halides is 6. The Morgan fingerprint density at radius 3 is 2.47 bits per heavy atom. The summed E-state index contributed by atoms with van der Waals surface area (Å²) in [5.41, 5.74) is -0.596. The van der Waals surface area contributed by atoms with Gasteiger partial charge in [0.05, 0.1) is 22.0 Å². The van der Waals surface area contributed by atoms with E-state index in [4.69, 9.17) is 28.0 Å². The number of ether oxygens (including phenoxy) is 1. The fourth-order valence-corrected chi connectivity index (χ4v) is 3.55. The van der Waals surface area contributed by atoms with Gasteiger partial charge in [-0.1, -0.05) is 34.4 Å². The molecule has 2 N–H and O–H groups in total. The largest absolute Gasteiger partial charge is 0.435 e. The summed E-state index contributed by atoms with van der Waals surface area (Å²) >= 11 is 11.7. The minimum absolute atomic E-state index is 0.118. The predicted octanol–water partition coefficient (Wildman–Crippen LogP) is 5.68. The molecule has 0 saturated heterocycles. The molecule has 0 fully saturated rings. The van der Waals surface area contributed by atoms with Crippen LogP contribution < -0.4 is 10.9 Å². The molecule has 14 heteroatoms. The van der Waals surface area contributed by atoms with Crippen LogP contribution >= 0.6 is 23.2 Å². The van der Waals surface area contributed by atoms with Gasteiger partial charge in [-0.15, -0.1) is 0 Å². The molecule has 1 aliphatic rings. The van der Waals surface area contributed by atoms with Gasteiger partial charge in [0.25, 0.3) is 11.5 Å². The first-order valence-electron chi connectivity index (χ1n) is 9.30. The average Bonchev–Trinajstić information content (AvgIpc) is 3.19. The Morgan fingerprint density at radius 2 is 1.85 bits per heavy atom. The molecule has 2 aromatic carbocycles. The van der Waals surface area contributed by atoms with Crippen molar-refractivity contribution < 1.29 is 40.7 Å². The zero-order valence-corrected chi connectivity index (χ0v) is 18.6. The molecule has 2 aromatic rings. The van der Waals surface area contributed by atoms with Crippen LogP contribution in [0.2, 0.25) is 10.0 Å². The molecule has 1 atom stereocenters. The molecule has 1 unspecified atom stereocenters. The van der Waals surface area contributed by atoms with Gasteiger partial charge in [0.15, 0.2) is 0 Å². The van der Waals surface area contributed by atoms with Crippen LogP contribution in [0.4, 0.5) is 32.0 Å². The van der Waals surface area contributed by atoms with E-state index in [-0.39, 0.29) is 28.6 Å². The Hall–Kier alpha value is -2.70. The SMILES string of the molecule is COCC(=O)NNc1cc(C2=NOC(c3cc(Cl)cc(C(F)(F)F)c3)(C(F)(F)F)C2)ccc1Cl. The van der Waals surface area contributed by atoms with E-state index in [9.17, 15) is 31.1 Å². The normalized spacial score (nSPS) is 18.3. The lowest BCUT2D eigenvalue weighted by molar-refractivity contribution is -0.276. The Morgan fingerprint density at radius 1 is 1.15 bits per heavy atom. The van der Waals surface area contributed by atoms with Crippen molar-refractivity contribution in [3.63, 3.8) is 0 Å². The van der Waals surface area contributed by atoms with Gasteiger partial charge in [-0.25, -0.2) is 0 Å². The molecule has 0 bridgehead atoms. The molecule has 1 amide bonds. The molecule has 6 nitrogen and oxygen atoms in total. The molecule has 0 aromatic heterocycles. The number of rotatable bonds is 6. The third kappa shape index (κ3) is 5.34. The Balaban J connectivity index is 1.95. The highest BCUT2D eigenvalue weighted by Crippen LogP contribution is 2.50. The molecule has 184 valence electrons. The van der Waals surface area contributed by atoms with Crippen molar-refractivity contribution in [1.82, 2.24) is 5.43 Å². The molecular weight excluding hydrogens is 515 g/mol. The van der Waals surface area contributed by atoms with Gasteiger partial charge >= 0.3 is 12.4 Å². The van der Waals surface area contributed by atoms with E-state index in [1.807, 2.05) is 0 Å². The maximum atomic E-state index is 14.2. The summed E-state index contributed by atoms with van der Waals surface area (Å²) in [6.45, 7) is -0.265. The number of anilines is 1. The van der Waals surface area contributed by atoms with Gasteiger partial charge < -0.3 is 9.57 Å². The average molecular weight is 530 g/mol. The first kappa shape index (κ1) is 25.9. The van der Waals surface area contributed by atoms with E-state index in [2.05, 4.69) is 20.7 Å². The lowest BCUT2D eigenvalue weighted by atomic mass is 9.85. The van der Waals surface area contributed by atoms with Crippen molar-refractivity contribution in [2.24, 2.45) is 5.16 Å². The minimum atomic E-state index is -5.15. The molecule has 0 saturated carbocycles. The van der Waals surface area contributed by atoms with Gasteiger partial charge in [0, 0.05) is 29.7 Å². The summed E-state index contributed by atoms with van der Waals surface area (Å²) in [6, 6.07) is 5.57. The second-order valence-electron chi connectivity index (χ2n) is 7.16. The summed E-state index contributed by atoms with van der Waals surface area (Å²) in [5.74, 6) is -0.553. The zero-order chi connectivity index (χ0) is 25.3. The van der Waals surface area contributed by atoms with Gasteiger partial charge in [0.1, 0.15) is 6.61 Å². The van der Waals surface area contributed by atoms with Crippen LogP contribution in [0, 0.1) is 0 Å². The van der Waals surface area contributed by atoms with Gasteiger partial charge in [-0.05, 0) is 30.3 Å². The number of nitrogens with zero attached hydrogens (tertiary/aromatic N) is 1. The molecule has 3 rings (SSSR count). The lowest BCUT2D eigenvalue weighted by Crippen LogP contribution is -2.43. The highest BCUT2D eigenvalue weighted by Gasteiger charge is 2.62. The molecule has 1 aliphatic heterocycles. The molecule has 1 heterocycles. The van der Waals surface area contributed by atoms with E-state index in [1.54, 1.807) is 0 Å². The van der Waals surface area contributed by atoms with Crippen molar-refractivity contribution in [2.45, 2.75) is 24.4 Å². The lowest BCUT2D eigenvalue weighted by Gasteiger charge is -2.30. The molecular formula is C20H15Cl2F6N3O3. The van der Waals surface area contributed by atoms with Gasteiger partial charge in [-0.2, -0.15) is 26.3 Å². The quantitative estimate of drug-likeness (QED) is 0.373. The Labute approximate surface area is 198 Å². The number of benzene rings is 2. The van der Waals surface area contributed by atoms with Crippen LogP contribution in [0.15, 0.2) is 41.6 Å². The Kier molecular flexibility index (Phi) is 7.25. The maximum absolute atomic E-state index is 14.2. The second kappa shape index (κ2) is 9.51. The predicted molar refractivity (Wildman–Crippen MR) is 112 cm³/mol. The van der Waals surface area contributed by atoms with E-state index in [1.165, 1.54) is 25.3 Å². The fourth-order valence-electron chi connectivity index (χ4n) is 3.15. The maximum Gasteiger partial charge on any atom is 0.435 e. The van der Waals surface area contributed by atoms with Crippen molar-refractivity contribution in [1.29, 1.82) is 0 Å². The van der Waals surface area contributed by atoms with Crippen LogP contribution in [0.3, 0.4) is 0 Å². The van der Waals surface area contributed by atoms with Crippen LogP contribution in [0.5, 0.6) is 0 Å². The number of amides is 1. The summed E-state index contributed by atoms with van der Waals surface area (Å²) in [6.07, 6.45) is -11.0. The second-order valence-corrected chi connectivity index (χ2v) is 8.00. The van der Waals surface area contributed by atoms with Crippen LogP contribution in [-0.4, -0.2) is 31.5 Å². The summed E-state index contributed by atoms with van der Waals surface area (Å²) in [5, 5.41) is 3.09. The number of nitrogens with one attached hydrogen (secondary N) is 2. The number of hydrogen-bond donors (Lipinski definition) is 2. The van der Waals surface area contributed by atoms with Crippen LogP contribution in [0.1, 0.15) is 23.1 Å². The van der Waals surface area contributed by atoms with E-state index < -0.39 is 46.4 Å². The third-order valence-electron chi connectivity index (χ3n) is 4.79. The standard InChI is InChI=1S/C20H15Cl2F6N3O3/c1-33-9-17(32)30-29-15-4-10(2-3-14(15)22)16-8-18(34-31-16,20(26,27)28)11-5-12(19(23,24)25)7-13(21)6-11/h2-7,29H,8-9H2,1H3,(H,30,32). The minimum Gasteiger partial charge on any atom is -0.375 e. The van der Waals surface area contributed by atoms with Crippen molar-refractivity contribution in [3.8, 4) is 0 Å². The Bertz CT molecular complexity index is 1120. The smallest absolute Gasteiger partial charge is 0.375 e. The summed E-state index contributed by atoms with van der Waals surface area (Å²) in [4.78, 5) is 16.3. The number of hydrogen-bond acceptors (Lipinski definition) is 5. The first-order valence-corrected chi connectivity index (χ1v) is 10.1. The fraction of sp³-hybridized carbons (Fsp3) is 0.300. The third-order valence-corrected chi connectivity index (χ3v) is 5.34. The van der Waals surface area contributed by atoms with E-state index in [0.29, 0.717) is 12.1 Å².